The van der Waals surface area contributed by atoms with Crippen LogP contribution in [0, 0.1) is 23.0 Å². The van der Waals surface area contributed by atoms with Gasteiger partial charge in [-0.1, -0.05) is 6.07 Å². The topological polar surface area (TPSA) is 35.8 Å². The maximum atomic E-state index is 12.8. The summed E-state index contributed by atoms with van der Waals surface area (Å²) >= 11 is 0. The molecule has 0 spiro atoms. The van der Waals surface area contributed by atoms with E-state index in [4.69, 9.17) is 5.26 Å². The zero-order chi connectivity index (χ0) is 11.8. The number of nitrogens with zero attached hydrogens (tertiary/aromatic N) is 1. The number of hydrogen-bond acceptors (Lipinski definition) is 2. The molecule has 16 heavy (non-hydrogen) atoms. The molecule has 0 aromatic heterocycles. The van der Waals surface area contributed by atoms with Crippen molar-refractivity contribution in [3.63, 3.8) is 0 Å². The molecule has 0 amide bonds. The molecule has 0 bridgehead atoms. The van der Waals surface area contributed by atoms with E-state index in [1.807, 2.05) is 0 Å². The Kier molecular flexibility index (Phi) is 5.44. The monoisotopic (exact) mass is 224 g/mol. The Labute approximate surface area is 93.9 Å². The van der Waals surface area contributed by atoms with Gasteiger partial charge in [0, 0.05) is 6.42 Å². The fourth-order valence-electron chi connectivity index (χ4n) is 1.35. The molecule has 0 unspecified atom stereocenters. The van der Waals surface area contributed by atoms with Crippen molar-refractivity contribution in [3.05, 3.63) is 35.4 Å². The Hall–Kier alpha value is -1.47. The normalized spacial score (nSPS) is 10.1. The van der Waals surface area contributed by atoms with E-state index in [0.29, 0.717) is 19.4 Å². The number of rotatable bonds is 6. The molecule has 0 aliphatic carbocycles. The van der Waals surface area contributed by atoms with Crippen molar-refractivity contribution in [2.24, 2.45) is 0 Å². The molecule has 0 aliphatic rings. The van der Waals surface area contributed by atoms with Crippen LogP contribution in [-0.4, -0.2) is 13.1 Å². The van der Waals surface area contributed by atoms with Crippen LogP contribution >= 0.6 is 0 Å². The molecule has 1 aromatic rings. The van der Waals surface area contributed by atoms with Gasteiger partial charge < -0.3 is 5.32 Å². The lowest BCUT2D eigenvalue weighted by Crippen LogP contribution is -2.18. The summed E-state index contributed by atoms with van der Waals surface area (Å²) < 4.78 is 25.4. The zero-order valence-electron chi connectivity index (χ0n) is 8.97. The summed E-state index contributed by atoms with van der Waals surface area (Å²) in [7, 11) is 0. The number of benzene rings is 1. The Morgan fingerprint density at radius 2 is 2.00 bits per heavy atom. The van der Waals surface area contributed by atoms with Gasteiger partial charge in [0.1, 0.15) is 0 Å². The second-order valence-electron chi connectivity index (χ2n) is 3.51. The van der Waals surface area contributed by atoms with Gasteiger partial charge in [-0.3, -0.25) is 0 Å². The first-order chi connectivity index (χ1) is 7.74. The van der Waals surface area contributed by atoms with Crippen LogP contribution in [0.15, 0.2) is 18.2 Å². The molecule has 0 radical (unpaired) electrons. The summed E-state index contributed by atoms with van der Waals surface area (Å²) in [5.41, 5.74) is 0.770. The highest BCUT2D eigenvalue weighted by atomic mass is 19.2. The highest BCUT2D eigenvalue weighted by Crippen LogP contribution is 2.08. The van der Waals surface area contributed by atoms with Gasteiger partial charge in [-0.2, -0.15) is 5.26 Å². The maximum Gasteiger partial charge on any atom is 0.159 e. The average molecular weight is 224 g/mol. The molecular weight excluding hydrogens is 210 g/mol. The van der Waals surface area contributed by atoms with E-state index in [1.165, 1.54) is 6.07 Å². The largest absolute Gasteiger partial charge is 0.316 e. The molecule has 1 rings (SSSR count). The first-order valence-electron chi connectivity index (χ1n) is 5.25. The highest BCUT2D eigenvalue weighted by molar-refractivity contribution is 5.17. The van der Waals surface area contributed by atoms with Crippen molar-refractivity contribution in [3.8, 4) is 6.07 Å². The lowest BCUT2D eigenvalue weighted by Gasteiger charge is -2.04. The Balaban J connectivity index is 2.22. The molecule has 0 aliphatic heterocycles. The second kappa shape index (κ2) is 6.91. The van der Waals surface area contributed by atoms with Gasteiger partial charge in [0.2, 0.25) is 0 Å². The average Bonchev–Trinajstić information content (AvgIpc) is 2.28. The predicted octanol–water partition coefficient (Wildman–Crippen LogP) is 2.40. The van der Waals surface area contributed by atoms with E-state index < -0.39 is 11.6 Å². The van der Waals surface area contributed by atoms with Crippen molar-refractivity contribution < 1.29 is 8.78 Å². The molecule has 0 saturated carbocycles. The second-order valence-corrected chi connectivity index (χ2v) is 3.51. The third-order valence-corrected chi connectivity index (χ3v) is 2.22. The van der Waals surface area contributed by atoms with E-state index >= 15 is 0 Å². The predicted molar refractivity (Wildman–Crippen MR) is 57.8 cm³/mol. The van der Waals surface area contributed by atoms with Gasteiger partial charge in [-0.25, -0.2) is 8.78 Å². The number of unbranched alkanes of at least 4 members (excludes halogenated alkanes) is 1. The van der Waals surface area contributed by atoms with Crippen LogP contribution in [0.3, 0.4) is 0 Å². The van der Waals surface area contributed by atoms with Gasteiger partial charge in [0.05, 0.1) is 6.07 Å². The smallest absolute Gasteiger partial charge is 0.159 e. The maximum absolute atomic E-state index is 12.8. The summed E-state index contributed by atoms with van der Waals surface area (Å²) in [6.07, 6.45) is 2.01. The molecule has 4 heteroatoms. The highest BCUT2D eigenvalue weighted by Gasteiger charge is 2.01. The van der Waals surface area contributed by atoms with E-state index in [0.717, 1.165) is 24.6 Å². The molecule has 0 fully saturated rings. The van der Waals surface area contributed by atoms with E-state index in [2.05, 4.69) is 11.4 Å². The van der Waals surface area contributed by atoms with Crippen LogP contribution in [-0.2, 0) is 6.42 Å². The summed E-state index contributed by atoms with van der Waals surface area (Å²) in [4.78, 5) is 0. The van der Waals surface area contributed by atoms with Crippen molar-refractivity contribution in [2.75, 3.05) is 13.1 Å². The fourth-order valence-corrected chi connectivity index (χ4v) is 1.35. The summed E-state index contributed by atoms with van der Waals surface area (Å²) in [5, 5.41) is 11.4. The Bertz CT molecular complexity index is 372. The minimum absolute atomic E-state index is 0.540. The van der Waals surface area contributed by atoms with Gasteiger partial charge in [-0.05, 0) is 43.6 Å². The summed E-state index contributed by atoms with van der Waals surface area (Å²) in [6.45, 7) is 1.48. The van der Waals surface area contributed by atoms with E-state index in [9.17, 15) is 8.78 Å². The van der Waals surface area contributed by atoms with Crippen molar-refractivity contribution in [1.82, 2.24) is 5.32 Å². The van der Waals surface area contributed by atoms with Gasteiger partial charge in [0.15, 0.2) is 11.6 Å². The molecule has 0 heterocycles. The summed E-state index contributed by atoms with van der Waals surface area (Å²) in [5.74, 6) is -1.62. The molecule has 1 N–H and O–H groups in total. The minimum atomic E-state index is -0.814. The van der Waals surface area contributed by atoms with Gasteiger partial charge in [-0.15, -0.1) is 0 Å². The van der Waals surface area contributed by atoms with Gasteiger partial charge in [0.25, 0.3) is 0 Å². The molecule has 1 aromatic carbocycles. The number of halogens is 2. The van der Waals surface area contributed by atoms with Crippen molar-refractivity contribution in [2.45, 2.75) is 19.3 Å². The van der Waals surface area contributed by atoms with Crippen molar-refractivity contribution in [1.29, 1.82) is 5.26 Å². The van der Waals surface area contributed by atoms with Crippen LogP contribution in [0.2, 0.25) is 0 Å². The lowest BCUT2D eigenvalue weighted by atomic mass is 10.1. The molecule has 0 atom stereocenters. The summed E-state index contributed by atoms with van der Waals surface area (Å²) in [6, 6.07) is 5.99. The lowest BCUT2D eigenvalue weighted by molar-refractivity contribution is 0.506. The number of hydrogen-bond donors (Lipinski definition) is 1. The zero-order valence-corrected chi connectivity index (χ0v) is 8.97. The molecular formula is C12H14F2N2. The molecule has 0 saturated heterocycles. The number of nitrogens with one attached hydrogen (secondary N) is 1. The van der Waals surface area contributed by atoms with E-state index in [1.54, 1.807) is 6.07 Å². The van der Waals surface area contributed by atoms with Crippen LogP contribution in [0.5, 0.6) is 0 Å². The Morgan fingerprint density at radius 3 is 2.69 bits per heavy atom. The van der Waals surface area contributed by atoms with Crippen LogP contribution < -0.4 is 5.32 Å². The Morgan fingerprint density at radius 1 is 1.19 bits per heavy atom. The third kappa shape index (κ3) is 4.37. The van der Waals surface area contributed by atoms with Crippen LogP contribution in [0.1, 0.15) is 18.4 Å². The number of nitriles is 1. The van der Waals surface area contributed by atoms with Crippen LogP contribution in [0.25, 0.3) is 0 Å². The molecule has 86 valence electrons. The minimum Gasteiger partial charge on any atom is -0.316 e. The SMILES string of the molecule is N#CCCCNCCc1ccc(F)c(F)c1. The van der Waals surface area contributed by atoms with Crippen molar-refractivity contribution >= 4 is 0 Å². The fraction of sp³-hybridized carbons (Fsp3) is 0.417. The third-order valence-electron chi connectivity index (χ3n) is 2.22. The first kappa shape index (κ1) is 12.6. The standard InChI is InChI=1S/C12H14F2N2/c13-11-4-3-10(9-12(11)14)5-8-16-7-2-1-6-15/h3-4,9,16H,1-2,5,7-8H2. The quantitative estimate of drug-likeness (QED) is 0.753. The van der Waals surface area contributed by atoms with E-state index in [-0.39, 0.29) is 0 Å². The van der Waals surface area contributed by atoms with Gasteiger partial charge >= 0.3 is 0 Å². The molecule has 2 nitrogen and oxygen atoms in total. The van der Waals surface area contributed by atoms with Crippen LogP contribution in [0.4, 0.5) is 8.78 Å². The first-order valence-corrected chi connectivity index (χ1v) is 5.25.